The van der Waals surface area contributed by atoms with Crippen molar-refractivity contribution in [3.8, 4) is 0 Å². The summed E-state index contributed by atoms with van der Waals surface area (Å²) in [6, 6.07) is 3.65. The van der Waals surface area contributed by atoms with Gasteiger partial charge in [-0.05, 0) is 13.0 Å². The van der Waals surface area contributed by atoms with E-state index in [0.29, 0.717) is 6.54 Å². The van der Waals surface area contributed by atoms with Crippen LogP contribution in [0.25, 0.3) is 0 Å². The van der Waals surface area contributed by atoms with E-state index in [1.807, 2.05) is 0 Å². The van der Waals surface area contributed by atoms with Gasteiger partial charge in [0.2, 0.25) is 5.91 Å². The second-order valence-corrected chi connectivity index (χ2v) is 4.14. The van der Waals surface area contributed by atoms with Gasteiger partial charge in [-0.1, -0.05) is 12.1 Å². The second-order valence-electron chi connectivity index (χ2n) is 4.14. The van der Waals surface area contributed by atoms with Crippen molar-refractivity contribution in [3.05, 3.63) is 35.4 Å². The molecule has 5 heteroatoms. The first-order valence-corrected chi connectivity index (χ1v) is 5.34. The van der Waals surface area contributed by atoms with Crippen LogP contribution in [0.3, 0.4) is 0 Å². The normalized spacial score (nSPS) is 12.3. The van der Waals surface area contributed by atoms with Crippen LogP contribution < -0.4 is 5.73 Å². The van der Waals surface area contributed by atoms with Crippen molar-refractivity contribution in [1.82, 2.24) is 4.90 Å². The molecule has 0 heterocycles. The molecular formula is C12H16F2N2O. The fraction of sp³-hybridized carbons (Fsp3) is 0.417. The van der Waals surface area contributed by atoms with E-state index >= 15 is 0 Å². The highest BCUT2D eigenvalue weighted by Crippen LogP contribution is 2.12. The van der Waals surface area contributed by atoms with E-state index in [1.165, 1.54) is 17.0 Å². The fourth-order valence-electron chi connectivity index (χ4n) is 1.52. The van der Waals surface area contributed by atoms with Crippen molar-refractivity contribution in [2.75, 3.05) is 13.6 Å². The second kappa shape index (κ2) is 5.72. The summed E-state index contributed by atoms with van der Waals surface area (Å²) in [7, 11) is 1.59. The lowest BCUT2D eigenvalue weighted by Gasteiger charge is -2.19. The lowest BCUT2D eigenvalue weighted by atomic mass is 10.1. The molecule has 0 aromatic heterocycles. The van der Waals surface area contributed by atoms with Crippen LogP contribution in [0, 0.1) is 11.6 Å². The number of benzene rings is 1. The van der Waals surface area contributed by atoms with E-state index < -0.39 is 11.6 Å². The summed E-state index contributed by atoms with van der Waals surface area (Å²) in [5.74, 6) is -2.19. The molecule has 1 aromatic rings. The molecule has 1 rings (SSSR count). The molecule has 0 aliphatic carbocycles. The minimum atomic E-state index is -0.963. The number of amides is 1. The van der Waals surface area contributed by atoms with E-state index in [0.717, 1.165) is 6.07 Å². The summed E-state index contributed by atoms with van der Waals surface area (Å²) in [5, 5.41) is 0. The maximum absolute atomic E-state index is 13.3. The Kier molecular flexibility index (Phi) is 4.57. The van der Waals surface area contributed by atoms with Gasteiger partial charge in [-0.3, -0.25) is 4.79 Å². The molecule has 1 atom stereocenters. The SMILES string of the molecule is CC(N)CN(C)C(=O)Cc1cccc(F)c1F. The average molecular weight is 242 g/mol. The van der Waals surface area contributed by atoms with E-state index in [4.69, 9.17) is 5.73 Å². The van der Waals surface area contributed by atoms with Crippen molar-refractivity contribution in [2.45, 2.75) is 19.4 Å². The maximum Gasteiger partial charge on any atom is 0.226 e. The van der Waals surface area contributed by atoms with Gasteiger partial charge in [-0.15, -0.1) is 0 Å². The molecule has 0 saturated heterocycles. The van der Waals surface area contributed by atoms with Crippen LogP contribution in [-0.2, 0) is 11.2 Å². The molecular weight excluding hydrogens is 226 g/mol. The van der Waals surface area contributed by atoms with Gasteiger partial charge in [0.15, 0.2) is 11.6 Å². The van der Waals surface area contributed by atoms with Gasteiger partial charge < -0.3 is 10.6 Å². The third-order valence-corrected chi connectivity index (χ3v) is 2.36. The Morgan fingerprint density at radius 1 is 1.47 bits per heavy atom. The van der Waals surface area contributed by atoms with Gasteiger partial charge in [-0.25, -0.2) is 8.78 Å². The van der Waals surface area contributed by atoms with Gasteiger partial charge in [-0.2, -0.15) is 0 Å². The zero-order valence-electron chi connectivity index (χ0n) is 9.91. The monoisotopic (exact) mass is 242 g/mol. The van der Waals surface area contributed by atoms with E-state index in [1.54, 1.807) is 14.0 Å². The number of hydrogen-bond donors (Lipinski definition) is 1. The van der Waals surface area contributed by atoms with Crippen LogP contribution in [0.2, 0.25) is 0 Å². The van der Waals surface area contributed by atoms with Gasteiger partial charge in [0.05, 0.1) is 6.42 Å². The quantitative estimate of drug-likeness (QED) is 0.865. The predicted molar refractivity (Wildman–Crippen MR) is 61.3 cm³/mol. The molecule has 0 aliphatic rings. The number of carbonyl (C=O) groups is 1. The topological polar surface area (TPSA) is 46.3 Å². The zero-order chi connectivity index (χ0) is 13.0. The minimum Gasteiger partial charge on any atom is -0.344 e. The van der Waals surface area contributed by atoms with Crippen molar-refractivity contribution in [3.63, 3.8) is 0 Å². The molecule has 0 radical (unpaired) electrons. The molecule has 1 unspecified atom stereocenters. The molecule has 3 nitrogen and oxygen atoms in total. The predicted octanol–water partition coefficient (Wildman–Crippen LogP) is 1.31. The molecule has 1 aromatic carbocycles. The third kappa shape index (κ3) is 3.78. The number of likely N-dealkylation sites (N-methyl/N-ethyl adjacent to an activating group) is 1. The van der Waals surface area contributed by atoms with Crippen LogP contribution in [0.4, 0.5) is 8.78 Å². The van der Waals surface area contributed by atoms with Crippen LogP contribution in [-0.4, -0.2) is 30.4 Å². The zero-order valence-corrected chi connectivity index (χ0v) is 9.91. The van der Waals surface area contributed by atoms with Gasteiger partial charge >= 0.3 is 0 Å². The number of carbonyl (C=O) groups excluding carboxylic acids is 1. The summed E-state index contributed by atoms with van der Waals surface area (Å²) in [5.41, 5.74) is 5.61. The maximum atomic E-state index is 13.3. The lowest BCUT2D eigenvalue weighted by molar-refractivity contribution is -0.129. The minimum absolute atomic E-state index is 0.0616. The Labute approximate surface area is 99.2 Å². The van der Waals surface area contributed by atoms with Crippen molar-refractivity contribution < 1.29 is 13.6 Å². The molecule has 17 heavy (non-hydrogen) atoms. The number of halogens is 2. The standard InChI is InChI=1S/C12H16F2N2O/c1-8(15)7-16(2)11(17)6-9-4-3-5-10(13)12(9)14/h3-5,8H,6-7,15H2,1-2H3. The first-order valence-electron chi connectivity index (χ1n) is 5.34. The molecule has 0 saturated carbocycles. The number of nitrogens with two attached hydrogens (primary N) is 1. The van der Waals surface area contributed by atoms with Crippen LogP contribution in [0.1, 0.15) is 12.5 Å². The molecule has 2 N–H and O–H groups in total. The Hall–Kier alpha value is -1.49. The summed E-state index contributed by atoms with van der Waals surface area (Å²) >= 11 is 0. The summed E-state index contributed by atoms with van der Waals surface area (Å²) in [6.07, 6.45) is -0.160. The first-order chi connectivity index (χ1) is 7.91. The first kappa shape index (κ1) is 13.6. The molecule has 1 amide bonds. The average Bonchev–Trinajstić information content (AvgIpc) is 2.23. The summed E-state index contributed by atoms with van der Waals surface area (Å²) in [6.45, 7) is 2.16. The largest absolute Gasteiger partial charge is 0.344 e. The van der Waals surface area contributed by atoms with Gasteiger partial charge in [0.1, 0.15) is 0 Å². The molecule has 0 fully saturated rings. The van der Waals surface area contributed by atoms with E-state index in [9.17, 15) is 13.6 Å². The highest BCUT2D eigenvalue weighted by atomic mass is 19.2. The van der Waals surface area contributed by atoms with Crippen LogP contribution in [0.5, 0.6) is 0 Å². The molecule has 0 aliphatic heterocycles. The van der Waals surface area contributed by atoms with Crippen molar-refractivity contribution in [2.24, 2.45) is 5.73 Å². The number of hydrogen-bond acceptors (Lipinski definition) is 2. The van der Waals surface area contributed by atoms with Crippen molar-refractivity contribution in [1.29, 1.82) is 0 Å². The van der Waals surface area contributed by atoms with Crippen LogP contribution in [0.15, 0.2) is 18.2 Å². The van der Waals surface area contributed by atoms with Crippen molar-refractivity contribution >= 4 is 5.91 Å². The molecule has 0 spiro atoms. The van der Waals surface area contributed by atoms with E-state index in [2.05, 4.69) is 0 Å². The fourth-order valence-corrected chi connectivity index (χ4v) is 1.52. The molecule has 94 valence electrons. The summed E-state index contributed by atoms with van der Waals surface area (Å²) < 4.78 is 26.2. The Morgan fingerprint density at radius 2 is 2.12 bits per heavy atom. The lowest BCUT2D eigenvalue weighted by Crippen LogP contribution is -2.37. The smallest absolute Gasteiger partial charge is 0.226 e. The highest BCUT2D eigenvalue weighted by molar-refractivity contribution is 5.78. The highest BCUT2D eigenvalue weighted by Gasteiger charge is 2.15. The summed E-state index contributed by atoms with van der Waals surface area (Å²) in [4.78, 5) is 13.1. The van der Waals surface area contributed by atoms with Crippen LogP contribution >= 0.6 is 0 Å². The Bertz CT molecular complexity index is 407. The van der Waals surface area contributed by atoms with E-state index in [-0.39, 0.29) is 23.9 Å². The Morgan fingerprint density at radius 3 is 2.71 bits per heavy atom. The third-order valence-electron chi connectivity index (χ3n) is 2.36. The van der Waals surface area contributed by atoms with Gasteiger partial charge in [0.25, 0.3) is 0 Å². The molecule has 0 bridgehead atoms. The Balaban J connectivity index is 2.71. The van der Waals surface area contributed by atoms with Gasteiger partial charge in [0, 0.05) is 25.2 Å². The number of rotatable bonds is 4. The number of nitrogens with zero attached hydrogens (tertiary/aromatic N) is 1.